The maximum Gasteiger partial charge on any atom is 0.252 e. The van der Waals surface area contributed by atoms with Crippen LogP contribution in [-0.4, -0.2) is 44.9 Å². The molecular formula is C24H29N5O. The molecule has 5 rings (SSSR count). The summed E-state index contributed by atoms with van der Waals surface area (Å²) in [6.07, 6.45) is 10.4. The van der Waals surface area contributed by atoms with E-state index in [4.69, 9.17) is 0 Å². The lowest BCUT2D eigenvalue weighted by molar-refractivity contribution is 0.0921. The van der Waals surface area contributed by atoms with E-state index < -0.39 is 0 Å². The molecular weight excluding hydrogens is 374 g/mol. The van der Waals surface area contributed by atoms with Crippen LogP contribution in [0.4, 0.5) is 0 Å². The first-order chi connectivity index (χ1) is 14.8. The first-order valence-electron chi connectivity index (χ1n) is 11.1. The third-order valence-corrected chi connectivity index (χ3v) is 6.78. The van der Waals surface area contributed by atoms with Crippen molar-refractivity contribution in [1.82, 2.24) is 25.2 Å². The molecule has 0 spiro atoms. The van der Waals surface area contributed by atoms with Crippen molar-refractivity contribution in [3.8, 4) is 0 Å². The van der Waals surface area contributed by atoms with E-state index in [-0.39, 0.29) is 11.9 Å². The van der Waals surface area contributed by atoms with Crippen LogP contribution in [0, 0.1) is 5.92 Å². The van der Waals surface area contributed by atoms with Crippen LogP contribution in [0.25, 0.3) is 10.9 Å². The predicted molar refractivity (Wildman–Crippen MR) is 117 cm³/mol. The highest BCUT2D eigenvalue weighted by molar-refractivity contribution is 6.06. The van der Waals surface area contributed by atoms with Crippen LogP contribution in [0.2, 0.25) is 0 Å². The Hall–Kier alpha value is -2.73. The van der Waals surface area contributed by atoms with Gasteiger partial charge in [0.25, 0.3) is 5.91 Å². The molecule has 0 saturated heterocycles. The summed E-state index contributed by atoms with van der Waals surface area (Å²) >= 11 is 0. The van der Waals surface area contributed by atoms with Gasteiger partial charge in [0, 0.05) is 42.7 Å². The fourth-order valence-corrected chi connectivity index (χ4v) is 4.98. The Morgan fingerprint density at radius 2 is 2.03 bits per heavy atom. The molecule has 3 aromatic rings. The molecule has 0 atom stereocenters. The van der Waals surface area contributed by atoms with Crippen LogP contribution in [-0.2, 0) is 13.0 Å². The van der Waals surface area contributed by atoms with E-state index in [2.05, 4.69) is 25.2 Å². The number of amides is 1. The van der Waals surface area contributed by atoms with E-state index in [0.717, 1.165) is 61.3 Å². The van der Waals surface area contributed by atoms with Crippen molar-refractivity contribution < 1.29 is 4.79 Å². The van der Waals surface area contributed by atoms with Crippen molar-refractivity contribution in [3.63, 3.8) is 0 Å². The van der Waals surface area contributed by atoms with Crippen molar-refractivity contribution in [1.29, 1.82) is 0 Å². The zero-order valence-corrected chi connectivity index (χ0v) is 17.3. The number of nitrogens with one attached hydrogen (secondary N) is 2. The van der Waals surface area contributed by atoms with E-state index >= 15 is 0 Å². The summed E-state index contributed by atoms with van der Waals surface area (Å²) in [5.41, 5.74) is 4.13. The van der Waals surface area contributed by atoms with Gasteiger partial charge in [-0.1, -0.05) is 12.1 Å². The van der Waals surface area contributed by atoms with Crippen LogP contribution in [0.1, 0.15) is 53.8 Å². The van der Waals surface area contributed by atoms with Crippen LogP contribution >= 0.6 is 0 Å². The van der Waals surface area contributed by atoms with Gasteiger partial charge in [-0.2, -0.15) is 0 Å². The number of carbonyl (C=O) groups is 1. The molecule has 3 heterocycles. The Morgan fingerprint density at radius 1 is 1.13 bits per heavy atom. The highest BCUT2D eigenvalue weighted by Gasteiger charge is 2.25. The van der Waals surface area contributed by atoms with Gasteiger partial charge in [0.1, 0.15) is 0 Å². The lowest BCUT2D eigenvalue weighted by Gasteiger charge is -2.32. The van der Waals surface area contributed by atoms with Crippen molar-refractivity contribution in [3.05, 3.63) is 59.8 Å². The molecule has 2 aliphatic rings. The summed E-state index contributed by atoms with van der Waals surface area (Å²) in [4.78, 5) is 27.4. The van der Waals surface area contributed by atoms with E-state index in [1.165, 1.54) is 30.7 Å². The molecule has 1 saturated carbocycles. The number of imidazole rings is 1. The first kappa shape index (κ1) is 19.2. The van der Waals surface area contributed by atoms with Crippen LogP contribution in [0.3, 0.4) is 0 Å². The number of pyridine rings is 1. The SMILES string of the molecule is O=C(NC1CCC(CCN2CCc3nc[nH]c3C2)CC1)c1cccc2ncccc12. The minimum absolute atomic E-state index is 0.0285. The molecule has 1 aliphatic heterocycles. The van der Waals surface area contributed by atoms with Gasteiger partial charge < -0.3 is 10.3 Å². The topological polar surface area (TPSA) is 73.9 Å². The summed E-state index contributed by atoms with van der Waals surface area (Å²) < 4.78 is 0. The second-order valence-corrected chi connectivity index (χ2v) is 8.71. The standard InChI is InChI=1S/C24H29N5O/c30-24(20-3-1-5-21-19(20)4-2-12-25-21)28-18-8-6-17(7-9-18)10-13-29-14-11-22-23(15-29)27-16-26-22/h1-5,12,16-18H,6-11,13-15H2,(H,26,27)(H,28,30). The first-order valence-corrected chi connectivity index (χ1v) is 11.1. The summed E-state index contributed by atoms with van der Waals surface area (Å²) in [5.74, 6) is 0.795. The van der Waals surface area contributed by atoms with Gasteiger partial charge in [-0.3, -0.25) is 14.7 Å². The Morgan fingerprint density at radius 3 is 2.93 bits per heavy atom. The monoisotopic (exact) mass is 403 g/mol. The molecule has 1 amide bonds. The van der Waals surface area contributed by atoms with Crippen molar-refractivity contribution in [2.24, 2.45) is 5.92 Å². The van der Waals surface area contributed by atoms with Gasteiger partial charge in [-0.25, -0.2) is 4.98 Å². The number of hydrogen-bond acceptors (Lipinski definition) is 4. The predicted octanol–water partition coefficient (Wildman–Crippen LogP) is 3.69. The summed E-state index contributed by atoms with van der Waals surface area (Å²) in [7, 11) is 0. The second-order valence-electron chi connectivity index (χ2n) is 8.71. The number of fused-ring (bicyclic) bond motifs is 2. The minimum Gasteiger partial charge on any atom is -0.349 e. The molecule has 2 N–H and O–H groups in total. The number of aromatic nitrogens is 3. The molecule has 30 heavy (non-hydrogen) atoms. The molecule has 1 aromatic carbocycles. The molecule has 2 aromatic heterocycles. The number of carbonyl (C=O) groups excluding carboxylic acids is 1. The van der Waals surface area contributed by atoms with E-state index in [0.29, 0.717) is 0 Å². The normalized spacial score (nSPS) is 22.0. The van der Waals surface area contributed by atoms with Crippen molar-refractivity contribution in [2.45, 2.75) is 51.1 Å². The van der Waals surface area contributed by atoms with Gasteiger partial charge in [0.05, 0.1) is 23.2 Å². The van der Waals surface area contributed by atoms with Crippen LogP contribution in [0.5, 0.6) is 0 Å². The van der Waals surface area contributed by atoms with Gasteiger partial charge in [-0.05, 0) is 62.8 Å². The number of H-pyrrole nitrogens is 1. The fraction of sp³-hybridized carbons (Fsp3) is 0.458. The lowest BCUT2D eigenvalue weighted by Crippen LogP contribution is -2.38. The second kappa shape index (κ2) is 8.56. The Balaban J connectivity index is 1.10. The van der Waals surface area contributed by atoms with Crippen molar-refractivity contribution in [2.75, 3.05) is 13.1 Å². The molecule has 0 radical (unpaired) electrons. The third-order valence-electron chi connectivity index (χ3n) is 6.78. The molecule has 1 fully saturated rings. The quantitative estimate of drug-likeness (QED) is 0.681. The van der Waals surface area contributed by atoms with Crippen LogP contribution in [0.15, 0.2) is 42.9 Å². The van der Waals surface area contributed by atoms with E-state index in [1.807, 2.05) is 36.7 Å². The van der Waals surface area contributed by atoms with Gasteiger partial charge in [0.2, 0.25) is 0 Å². The summed E-state index contributed by atoms with van der Waals surface area (Å²) in [6, 6.07) is 9.90. The van der Waals surface area contributed by atoms with Gasteiger partial charge in [-0.15, -0.1) is 0 Å². The Kier molecular flexibility index (Phi) is 5.49. The summed E-state index contributed by atoms with van der Waals surface area (Å²) in [6.45, 7) is 3.27. The average molecular weight is 404 g/mol. The lowest BCUT2D eigenvalue weighted by atomic mass is 9.84. The van der Waals surface area contributed by atoms with Crippen molar-refractivity contribution >= 4 is 16.8 Å². The smallest absolute Gasteiger partial charge is 0.252 e. The maximum atomic E-state index is 12.9. The highest BCUT2D eigenvalue weighted by atomic mass is 16.1. The number of aromatic amines is 1. The molecule has 0 bridgehead atoms. The minimum atomic E-state index is 0.0285. The zero-order chi connectivity index (χ0) is 20.3. The number of benzene rings is 1. The molecule has 1 aliphatic carbocycles. The largest absolute Gasteiger partial charge is 0.349 e. The van der Waals surface area contributed by atoms with Gasteiger partial charge >= 0.3 is 0 Å². The molecule has 0 unspecified atom stereocenters. The Labute approximate surface area is 177 Å². The fourth-order valence-electron chi connectivity index (χ4n) is 4.98. The molecule has 6 nitrogen and oxygen atoms in total. The molecule has 156 valence electrons. The number of nitrogens with zero attached hydrogens (tertiary/aromatic N) is 3. The molecule has 6 heteroatoms. The zero-order valence-electron chi connectivity index (χ0n) is 17.3. The number of rotatable bonds is 5. The Bertz CT molecular complexity index is 1020. The van der Waals surface area contributed by atoms with Gasteiger partial charge in [0.15, 0.2) is 0 Å². The maximum absolute atomic E-state index is 12.9. The number of hydrogen-bond donors (Lipinski definition) is 2. The van der Waals surface area contributed by atoms with Crippen LogP contribution < -0.4 is 5.32 Å². The highest BCUT2D eigenvalue weighted by Crippen LogP contribution is 2.28. The summed E-state index contributed by atoms with van der Waals surface area (Å²) in [5, 5.41) is 4.20. The third kappa shape index (κ3) is 4.10. The average Bonchev–Trinajstić information content (AvgIpc) is 3.26. The van der Waals surface area contributed by atoms with E-state index in [1.54, 1.807) is 6.20 Å². The van der Waals surface area contributed by atoms with E-state index in [9.17, 15) is 4.79 Å².